The molecular formula is C9H12N2O5. The maximum Gasteiger partial charge on any atom is 0.330 e. The third kappa shape index (κ3) is 1.80. The van der Waals surface area contributed by atoms with E-state index in [0.29, 0.717) is 5.56 Å². The zero-order valence-corrected chi connectivity index (χ0v) is 8.58. The van der Waals surface area contributed by atoms with E-state index >= 15 is 0 Å². The van der Waals surface area contributed by atoms with Crippen LogP contribution in [0.3, 0.4) is 0 Å². The lowest BCUT2D eigenvalue weighted by Gasteiger charge is -2.13. The van der Waals surface area contributed by atoms with E-state index in [4.69, 9.17) is 4.74 Å². The number of aliphatic hydroxyl groups excluding tert-OH is 2. The number of nitrogens with zero attached hydrogens (tertiary/aromatic N) is 1. The number of hydrogen-bond acceptors (Lipinski definition) is 5. The number of rotatable bonds is 1. The maximum absolute atomic E-state index is 11.5. The van der Waals surface area contributed by atoms with Gasteiger partial charge in [0, 0.05) is 18.2 Å². The van der Waals surface area contributed by atoms with Crippen LogP contribution in [-0.2, 0) is 4.74 Å². The molecule has 0 aliphatic carbocycles. The Bertz CT molecular complexity index is 495. The molecule has 1 saturated heterocycles. The summed E-state index contributed by atoms with van der Waals surface area (Å²) in [5, 5.41) is 18.5. The summed E-state index contributed by atoms with van der Waals surface area (Å²) in [4.78, 5) is 24.7. The predicted octanol–water partition coefficient (Wildman–Crippen LogP) is -1.56. The number of aliphatic hydroxyl groups is 2. The van der Waals surface area contributed by atoms with Crippen molar-refractivity contribution in [2.75, 3.05) is 0 Å². The van der Waals surface area contributed by atoms with Crippen LogP contribution < -0.4 is 11.2 Å². The van der Waals surface area contributed by atoms with E-state index in [1.54, 1.807) is 6.92 Å². The number of aromatic amines is 1. The van der Waals surface area contributed by atoms with Gasteiger partial charge >= 0.3 is 5.69 Å². The average Bonchev–Trinajstić information content (AvgIpc) is 2.53. The van der Waals surface area contributed by atoms with Gasteiger partial charge in [0.25, 0.3) is 5.56 Å². The lowest BCUT2D eigenvalue weighted by molar-refractivity contribution is -0.142. The van der Waals surface area contributed by atoms with Crippen LogP contribution in [0.25, 0.3) is 0 Å². The van der Waals surface area contributed by atoms with Gasteiger partial charge in [0.2, 0.25) is 0 Å². The van der Waals surface area contributed by atoms with Crippen molar-refractivity contribution in [2.45, 2.75) is 32.0 Å². The molecule has 1 aliphatic heterocycles. The Morgan fingerprint density at radius 2 is 2.19 bits per heavy atom. The molecule has 2 rings (SSSR count). The molecule has 3 atom stereocenters. The van der Waals surface area contributed by atoms with Gasteiger partial charge in [-0.2, -0.15) is 0 Å². The fourth-order valence-corrected chi connectivity index (χ4v) is 1.61. The van der Waals surface area contributed by atoms with Crippen molar-refractivity contribution in [2.24, 2.45) is 0 Å². The van der Waals surface area contributed by atoms with Crippen LogP contribution >= 0.6 is 0 Å². The van der Waals surface area contributed by atoms with Crippen LogP contribution in [0.5, 0.6) is 0 Å². The molecule has 2 heterocycles. The molecule has 88 valence electrons. The summed E-state index contributed by atoms with van der Waals surface area (Å²) >= 11 is 0. The van der Waals surface area contributed by atoms with E-state index in [2.05, 4.69) is 4.98 Å². The fourth-order valence-electron chi connectivity index (χ4n) is 1.61. The third-order valence-corrected chi connectivity index (χ3v) is 2.52. The summed E-state index contributed by atoms with van der Waals surface area (Å²) in [7, 11) is 0. The quantitative estimate of drug-likeness (QED) is 0.539. The number of aryl methyl sites for hydroxylation is 1. The highest BCUT2D eigenvalue weighted by Gasteiger charge is 2.34. The van der Waals surface area contributed by atoms with Crippen molar-refractivity contribution >= 4 is 0 Å². The van der Waals surface area contributed by atoms with E-state index in [1.165, 1.54) is 6.20 Å². The van der Waals surface area contributed by atoms with E-state index < -0.39 is 29.9 Å². The Hall–Kier alpha value is -1.44. The Morgan fingerprint density at radius 3 is 2.75 bits per heavy atom. The lowest BCUT2D eigenvalue weighted by Crippen LogP contribution is -2.33. The van der Waals surface area contributed by atoms with Gasteiger partial charge in [-0.1, -0.05) is 0 Å². The molecule has 1 fully saturated rings. The minimum absolute atomic E-state index is 0.104. The number of ether oxygens (including phenoxy) is 1. The van der Waals surface area contributed by atoms with Crippen LogP contribution in [0.1, 0.15) is 18.2 Å². The maximum atomic E-state index is 11.5. The summed E-state index contributed by atoms with van der Waals surface area (Å²) < 4.78 is 6.13. The number of nitrogens with one attached hydrogen (secondary N) is 1. The second-order valence-corrected chi connectivity index (χ2v) is 3.76. The molecule has 0 bridgehead atoms. The Kier molecular flexibility index (Phi) is 2.66. The first-order valence-corrected chi connectivity index (χ1v) is 4.82. The van der Waals surface area contributed by atoms with Crippen molar-refractivity contribution in [3.63, 3.8) is 0 Å². The normalized spacial score (nSPS) is 29.6. The summed E-state index contributed by atoms with van der Waals surface area (Å²) in [6.07, 6.45) is -1.63. The van der Waals surface area contributed by atoms with Gasteiger partial charge in [-0.25, -0.2) is 4.79 Å². The molecule has 7 nitrogen and oxygen atoms in total. The molecule has 0 saturated carbocycles. The van der Waals surface area contributed by atoms with Crippen molar-refractivity contribution in [3.8, 4) is 0 Å². The molecule has 0 radical (unpaired) electrons. The smallest absolute Gasteiger partial charge is 0.330 e. The number of hydrogen-bond donors (Lipinski definition) is 3. The van der Waals surface area contributed by atoms with Crippen molar-refractivity contribution in [1.29, 1.82) is 0 Å². The first-order chi connectivity index (χ1) is 7.49. The topological polar surface area (TPSA) is 105 Å². The van der Waals surface area contributed by atoms with Crippen LogP contribution in [0, 0.1) is 6.92 Å². The molecule has 16 heavy (non-hydrogen) atoms. The van der Waals surface area contributed by atoms with Gasteiger partial charge < -0.3 is 14.9 Å². The second kappa shape index (κ2) is 3.85. The number of aromatic nitrogens is 2. The highest BCUT2D eigenvalue weighted by atomic mass is 16.6. The van der Waals surface area contributed by atoms with Gasteiger partial charge in [0.15, 0.2) is 6.29 Å². The second-order valence-electron chi connectivity index (χ2n) is 3.76. The standard InChI is InChI=1S/C9H12N2O5/c1-4-3-11(9(15)10-7(4)13)6-2-5(12)8(14)16-6/h3,5-6,8,12,14H,2H2,1H3,(H,10,13,15)/t5-,6+,8-/m0/s1. The van der Waals surface area contributed by atoms with Crippen molar-refractivity contribution < 1.29 is 14.9 Å². The highest BCUT2D eigenvalue weighted by molar-refractivity contribution is 5.01. The first-order valence-electron chi connectivity index (χ1n) is 4.82. The molecular weight excluding hydrogens is 216 g/mol. The zero-order chi connectivity index (χ0) is 11.9. The molecule has 0 spiro atoms. The molecule has 0 unspecified atom stereocenters. The fraction of sp³-hybridized carbons (Fsp3) is 0.556. The first kappa shape index (κ1) is 11.1. The molecule has 0 aromatic carbocycles. The van der Waals surface area contributed by atoms with Gasteiger partial charge in [-0.05, 0) is 6.92 Å². The summed E-state index contributed by atoms with van der Waals surface area (Å²) in [5.41, 5.74) is -0.721. The van der Waals surface area contributed by atoms with Crippen molar-refractivity contribution in [1.82, 2.24) is 9.55 Å². The van der Waals surface area contributed by atoms with Gasteiger partial charge in [-0.15, -0.1) is 0 Å². The Labute approximate surface area is 89.9 Å². The summed E-state index contributed by atoms with van der Waals surface area (Å²) in [5.74, 6) is 0. The number of H-pyrrole nitrogens is 1. The third-order valence-electron chi connectivity index (χ3n) is 2.52. The molecule has 1 aliphatic rings. The van der Waals surface area contributed by atoms with Gasteiger partial charge in [0.05, 0.1) is 0 Å². The van der Waals surface area contributed by atoms with Crippen LogP contribution in [0.15, 0.2) is 15.8 Å². The Morgan fingerprint density at radius 1 is 1.50 bits per heavy atom. The Balaban J connectivity index is 2.39. The van der Waals surface area contributed by atoms with Crippen LogP contribution in [0.4, 0.5) is 0 Å². The van der Waals surface area contributed by atoms with Crippen LogP contribution in [0.2, 0.25) is 0 Å². The molecule has 0 amide bonds. The van der Waals surface area contributed by atoms with Gasteiger partial charge in [0.1, 0.15) is 12.3 Å². The highest BCUT2D eigenvalue weighted by Crippen LogP contribution is 2.25. The average molecular weight is 228 g/mol. The predicted molar refractivity (Wildman–Crippen MR) is 52.8 cm³/mol. The summed E-state index contributed by atoms with van der Waals surface area (Å²) in [6, 6.07) is 0. The molecule has 1 aromatic rings. The minimum Gasteiger partial charge on any atom is -0.388 e. The van der Waals surface area contributed by atoms with E-state index in [9.17, 15) is 19.8 Å². The van der Waals surface area contributed by atoms with E-state index in [1.807, 2.05) is 0 Å². The van der Waals surface area contributed by atoms with Crippen LogP contribution in [-0.4, -0.2) is 32.2 Å². The monoisotopic (exact) mass is 228 g/mol. The van der Waals surface area contributed by atoms with Gasteiger partial charge in [-0.3, -0.25) is 14.3 Å². The summed E-state index contributed by atoms with van der Waals surface area (Å²) in [6.45, 7) is 1.55. The largest absolute Gasteiger partial charge is 0.388 e. The minimum atomic E-state index is -1.30. The lowest BCUT2D eigenvalue weighted by atomic mass is 10.2. The van der Waals surface area contributed by atoms with E-state index in [-0.39, 0.29) is 6.42 Å². The molecule has 1 aromatic heterocycles. The zero-order valence-electron chi connectivity index (χ0n) is 8.58. The molecule has 3 N–H and O–H groups in total. The SMILES string of the molecule is Cc1cn([C@H]2C[C@H](O)[C@@H](O)O2)c(=O)[nH]c1=O. The van der Waals surface area contributed by atoms with Crippen molar-refractivity contribution in [3.05, 3.63) is 32.6 Å². The van der Waals surface area contributed by atoms with E-state index in [0.717, 1.165) is 4.57 Å². The molecule has 7 heteroatoms.